The monoisotopic (exact) mass is 255 g/mol. The molecule has 1 heterocycles. The summed E-state index contributed by atoms with van der Waals surface area (Å²) >= 11 is 6.24. The zero-order valence-corrected chi connectivity index (χ0v) is 11.7. The fourth-order valence-corrected chi connectivity index (χ4v) is 2.49. The molecule has 0 saturated heterocycles. The molecule has 1 aliphatic carbocycles. The lowest BCUT2D eigenvalue weighted by Crippen LogP contribution is -2.29. The first-order valence-corrected chi connectivity index (χ1v) is 6.91. The van der Waals surface area contributed by atoms with Gasteiger partial charge in [-0.25, -0.2) is 0 Å². The molecule has 0 spiro atoms. The van der Waals surface area contributed by atoms with E-state index in [2.05, 4.69) is 17.3 Å². The minimum absolute atomic E-state index is 0.619. The van der Waals surface area contributed by atoms with E-state index in [0.29, 0.717) is 6.04 Å². The van der Waals surface area contributed by atoms with Gasteiger partial charge in [-0.05, 0) is 25.7 Å². The number of aryl methyl sites for hydroxylation is 2. The van der Waals surface area contributed by atoms with Crippen molar-refractivity contribution < 1.29 is 0 Å². The minimum Gasteiger partial charge on any atom is -0.308 e. The van der Waals surface area contributed by atoms with Gasteiger partial charge < -0.3 is 5.32 Å². The van der Waals surface area contributed by atoms with Crippen LogP contribution in [0.15, 0.2) is 0 Å². The van der Waals surface area contributed by atoms with Crippen LogP contribution in [0.25, 0.3) is 0 Å². The molecule has 1 saturated carbocycles. The highest BCUT2D eigenvalue weighted by Crippen LogP contribution is 2.34. The van der Waals surface area contributed by atoms with E-state index in [1.807, 2.05) is 18.7 Å². The van der Waals surface area contributed by atoms with Crippen LogP contribution in [0.3, 0.4) is 0 Å². The third kappa shape index (κ3) is 3.23. The molecule has 0 bridgehead atoms. The molecule has 17 heavy (non-hydrogen) atoms. The van der Waals surface area contributed by atoms with E-state index in [1.165, 1.54) is 25.7 Å². The highest BCUT2D eigenvalue weighted by atomic mass is 35.5. The van der Waals surface area contributed by atoms with Gasteiger partial charge in [-0.15, -0.1) is 0 Å². The Labute approximate surface area is 109 Å². The molecule has 3 nitrogen and oxygen atoms in total. The second kappa shape index (κ2) is 5.40. The Kier molecular flexibility index (Phi) is 4.10. The molecule has 1 aliphatic rings. The molecule has 2 rings (SSSR count). The normalized spacial score (nSPS) is 17.4. The van der Waals surface area contributed by atoms with Crippen molar-refractivity contribution in [2.75, 3.05) is 0 Å². The Hall–Kier alpha value is -0.540. The Morgan fingerprint density at radius 2 is 2.24 bits per heavy atom. The highest BCUT2D eigenvalue weighted by Gasteiger charge is 2.24. The second-order valence-electron chi connectivity index (χ2n) is 5.13. The summed E-state index contributed by atoms with van der Waals surface area (Å²) in [5.74, 6) is 0.969. The van der Waals surface area contributed by atoms with E-state index < -0.39 is 0 Å². The topological polar surface area (TPSA) is 29.9 Å². The number of halogens is 1. The average Bonchev–Trinajstić information content (AvgIpc) is 3.07. The molecule has 4 heteroatoms. The van der Waals surface area contributed by atoms with E-state index >= 15 is 0 Å². The summed E-state index contributed by atoms with van der Waals surface area (Å²) in [6.45, 7) is 5.02. The Morgan fingerprint density at radius 1 is 1.53 bits per heavy atom. The van der Waals surface area contributed by atoms with Gasteiger partial charge in [0.25, 0.3) is 0 Å². The van der Waals surface area contributed by atoms with Crippen LogP contribution in [-0.4, -0.2) is 15.8 Å². The van der Waals surface area contributed by atoms with Crippen molar-refractivity contribution in [1.82, 2.24) is 15.1 Å². The van der Waals surface area contributed by atoms with Crippen LogP contribution in [0.5, 0.6) is 0 Å². The van der Waals surface area contributed by atoms with Crippen molar-refractivity contribution in [3.63, 3.8) is 0 Å². The zero-order valence-electron chi connectivity index (χ0n) is 11.0. The van der Waals surface area contributed by atoms with Gasteiger partial charge in [-0.1, -0.05) is 31.4 Å². The first-order valence-electron chi connectivity index (χ1n) is 6.53. The molecule has 0 aromatic carbocycles. The summed E-state index contributed by atoms with van der Waals surface area (Å²) in [5.41, 5.74) is 2.01. The van der Waals surface area contributed by atoms with Crippen LogP contribution >= 0.6 is 11.6 Å². The SMILES string of the molecule is CCC(CC1CC1)NCc1c(Cl)c(C)nn1C. The predicted octanol–water partition coefficient (Wildman–Crippen LogP) is 3.05. The molecular formula is C13H22ClN3. The number of nitrogens with zero attached hydrogens (tertiary/aromatic N) is 2. The van der Waals surface area contributed by atoms with E-state index in [4.69, 9.17) is 11.6 Å². The first kappa shape index (κ1) is 12.9. The summed E-state index contributed by atoms with van der Waals surface area (Å²) in [6, 6.07) is 0.619. The van der Waals surface area contributed by atoms with Crippen molar-refractivity contribution in [2.24, 2.45) is 13.0 Å². The van der Waals surface area contributed by atoms with Crippen molar-refractivity contribution in [1.29, 1.82) is 0 Å². The highest BCUT2D eigenvalue weighted by molar-refractivity contribution is 6.31. The fourth-order valence-electron chi connectivity index (χ4n) is 2.26. The summed E-state index contributed by atoms with van der Waals surface area (Å²) in [4.78, 5) is 0. The minimum atomic E-state index is 0.619. The quantitative estimate of drug-likeness (QED) is 0.847. The molecule has 0 aliphatic heterocycles. The predicted molar refractivity (Wildman–Crippen MR) is 71.2 cm³/mol. The van der Waals surface area contributed by atoms with Crippen molar-refractivity contribution in [3.8, 4) is 0 Å². The molecule has 1 unspecified atom stereocenters. The summed E-state index contributed by atoms with van der Waals surface area (Å²) < 4.78 is 1.88. The fraction of sp³-hybridized carbons (Fsp3) is 0.769. The molecule has 1 aromatic heterocycles. The van der Waals surface area contributed by atoms with Crippen LogP contribution in [0.2, 0.25) is 5.02 Å². The van der Waals surface area contributed by atoms with Gasteiger partial charge in [0.1, 0.15) is 0 Å². The van der Waals surface area contributed by atoms with Gasteiger partial charge in [0.05, 0.1) is 16.4 Å². The summed E-state index contributed by atoms with van der Waals surface area (Å²) in [7, 11) is 1.96. The number of hydrogen-bond donors (Lipinski definition) is 1. The Bertz CT molecular complexity index is 382. The van der Waals surface area contributed by atoms with Crippen LogP contribution in [0.4, 0.5) is 0 Å². The van der Waals surface area contributed by atoms with Gasteiger partial charge in [-0.2, -0.15) is 5.10 Å². The largest absolute Gasteiger partial charge is 0.308 e. The van der Waals surface area contributed by atoms with Gasteiger partial charge >= 0.3 is 0 Å². The van der Waals surface area contributed by atoms with Crippen molar-refractivity contribution in [3.05, 3.63) is 16.4 Å². The maximum atomic E-state index is 6.24. The standard InChI is InChI=1S/C13H22ClN3/c1-4-11(7-10-5-6-10)15-8-12-13(14)9(2)16-17(12)3/h10-11,15H,4-8H2,1-3H3. The third-order valence-electron chi connectivity index (χ3n) is 3.63. The number of hydrogen-bond acceptors (Lipinski definition) is 2. The van der Waals surface area contributed by atoms with Gasteiger partial charge in [0.15, 0.2) is 0 Å². The molecule has 0 radical (unpaired) electrons. The molecule has 1 N–H and O–H groups in total. The first-order chi connectivity index (χ1) is 8.11. The van der Waals surface area contributed by atoms with Gasteiger partial charge in [0, 0.05) is 19.6 Å². The van der Waals surface area contributed by atoms with Crippen LogP contribution in [-0.2, 0) is 13.6 Å². The zero-order chi connectivity index (χ0) is 12.4. The molecule has 1 atom stereocenters. The summed E-state index contributed by atoms with van der Waals surface area (Å²) in [5, 5.41) is 8.75. The lowest BCUT2D eigenvalue weighted by Gasteiger charge is -2.16. The van der Waals surface area contributed by atoms with E-state index in [0.717, 1.165) is 28.9 Å². The van der Waals surface area contributed by atoms with Gasteiger partial charge in [0.2, 0.25) is 0 Å². The number of nitrogens with one attached hydrogen (secondary N) is 1. The van der Waals surface area contributed by atoms with Crippen LogP contribution in [0.1, 0.15) is 44.0 Å². The maximum Gasteiger partial charge on any atom is 0.0860 e. The Balaban J connectivity index is 1.90. The second-order valence-corrected chi connectivity index (χ2v) is 5.51. The van der Waals surface area contributed by atoms with E-state index in [-0.39, 0.29) is 0 Å². The smallest absolute Gasteiger partial charge is 0.0860 e. The Morgan fingerprint density at radius 3 is 2.71 bits per heavy atom. The number of aromatic nitrogens is 2. The van der Waals surface area contributed by atoms with Crippen molar-refractivity contribution >= 4 is 11.6 Å². The van der Waals surface area contributed by atoms with Crippen LogP contribution in [0, 0.1) is 12.8 Å². The van der Waals surface area contributed by atoms with Crippen LogP contribution < -0.4 is 5.32 Å². The van der Waals surface area contributed by atoms with E-state index in [9.17, 15) is 0 Å². The molecule has 96 valence electrons. The average molecular weight is 256 g/mol. The maximum absolute atomic E-state index is 6.24. The lowest BCUT2D eigenvalue weighted by atomic mass is 10.1. The molecular weight excluding hydrogens is 234 g/mol. The molecule has 1 aromatic rings. The number of rotatable bonds is 6. The lowest BCUT2D eigenvalue weighted by molar-refractivity contribution is 0.437. The molecule has 0 amide bonds. The van der Waals surface area contributed by atoms with Crippen molar-refractivity contribution in [2.45, 2.75) is 52.1 Å². The molecule has 1 fully saturated rings. The van der Waals surface area contributed by atoms with Gasteiger partial charge in [-0.3, -0.25) is 4.68 Å². The van der Waals surface area contributed by atoms with E-state index in [1.54, 1.807) is 0 Å². The third-order valence-corrected chi connectivity index (χ3v) is 4.12. The summed E-state index contributed by atoms with van der Waals surface area (Å²) in [6.07, 6.45) is 5.34.